The van der Waals surface area contributed by atoms with Crippen LogP contribution in [0.15, 0.2) is 109 Å². The van der Waals surface area contributed by atoms with Crippen LogP contribution in [-0.2, 0) is 27.1 Å². The maximum Gasteiger partial charge on any atom is 0.264 e. The molecule has 2 aliphatic carbocycles. The average Bonchev–Trinajstić information content (AvgIpc) is 3.61. The van der Waals surface area contributed by atoms with E-state index in [0.29, 0.717) is 0 Å². The smallest absolute Gasteiger partial charge is 0.264 e. The van der Waals surface area contributed by atoms with Crippen LogP contribution in [0.4, 0.5) is 34.1 Å². The molecule has 0 N–H and O–H groups in total. The molecule has 0 unspecified atom stereocenters. The van der Waals surface area contributed by atoms with Crippen molar-refractivity contribution in [1.29, 1.82) is 0 Å². The Bertz CT molecular complexity index is 3080. The van der Waals surface area contributed by atoms with Gasteiger partial charge in [-0.25, -0.2) is 0 Å². The summed E-state index contributed by atoms with van der Waals surface area (Å²) in [5.41, 5.74) is 23.5. The first-order chi connectivity index (χ1) is 30.1. The fourth-order valence-electron chi connectivity index (χ4n) is 12.1. The summed E-state index contributed by atoms with van der Waals surface area (Å²) in [6, 6.07) is 43.4. The Balaban J connectivity index is 1.25. The zero-order chi connectivity index (χ0) is 45.0. The normalized spacial score (nSPS) is 18.5. The maximum absolute atomic E-state index is 2.72. The lowest BCUT2D eigenvalue weighted by molar-refractivity contribution is 0.332. The Morgan fingerprint density at radius 3 is 1.78 bits per heavy atom. The number of fused-ring (bicyclic) bond motifs is 8. The van der Waals surface area contributed by atoms with Crippen molar-refractivity contribution in [2.75, 3.05) is 9.80 Å². The Labute approximate surface area is 387 Å². The van der Waals surface area contributed by atoms with Gasteiger partial charge in [0.05, 0.1) is 11.4 Å². The molecule has 4 heteroatoms. The monoisotopic (exact) mass is 856 g/mol. The van der Waals surface area contributed by atoms with Crippen molar-refractivity contribution >= 4 is 78.0 Å². The van der Waals surface area contributed by atoms with E-state index in [-0.39, 0.29) is 33.8 Å². The van der Waals surface area contributed by atoms with Crippen molar-refractivity contribution < 1.29 is 0 Å². The molecule has 0 atom stereocenters. The molecule has 64 heavy (non-hydrogen) atoms. The average molecular weight is 857 g/mol. The van der Waals surface area contributed by atoms with E-state index in [1.165, 1.54) is 136 Å². The lowest BCUT2D eigenvalue weighted by atomic mass is 9.36. The second kappa shape index (κ2) is 13.7. The molecule has 3 heterocycles. The number of hydrogen-bond acceptors (Lipinski definition) is 3. The molecule has 0 amide bonds. The Morgan fingerprint density at radius 2 is 1.12 bits per heavy atom. The molecule has 0 bridgehead atoms. The predicted molar refractivity (Wildman–Crippen MR) is 280 cm³/mol. The van der Waals surface area contributed by atoms with Crippen molar-refractivity contribution in [3.8, 4) is 11.1 Å². The van der Waals surface area contributed by atoms with Crippen LogP contribution in [0.1, 0.15) is 141 Å². The highest BCUT2D eigenvalue weighted by atomic mass is 32.1. The van der Waals surface area contributed by atoms with Crippen molar-refractivity contribution in [3.05, 3.63) is 148 Å². The topological polar surface area (TPSA) is 6.48 Å². The predicted octanol–water partition coefficient (Wildman–Crippen LogP) is 15.3. The van der Waals surface area contributed by atoms with E-state index in [2.05, 4.69) is 220 Å². The number of rotatable bonds is 3. The summed E-state index contributed by atoms with van der Waals surface area (Å²) in [5, 5.41) is 1.40. The second-order valence-corrected chi connectivity index (χ2v) is 24.8. The number of anilines is 6. The van der Waals surface area contributed by atoms with Gasteiger partial charge in [0.15, 0.2) is 0 Å². The SMILES string of the molecule is Cc1ccc2c(c1)N(c1ccc(C(C)(C)C)cc1-c1ccccc1)c1cc(C)cc3c1B2c1sc2cc4c(cc2c1N3c1ccc2c(c1)C(C)(C)CCC2(C)C)C(C)(C)CCC4(C)C. The number of hydrogen-bond donors (Lipinski definition) is 0. The van der Waals surface area contributed by atoms with Gasteiger partial charge in [0, 0.05) is 43.2 Å². The van der Waals surface area contributed by atoms with Crippen LogP contribution in [0.3, 0.4) is 0 Å². The summed E-state index contributed by atoms with van der Waals surface area (Å²) in [6.45, 7) is 31.4. The molecule has 2 nitrogen and oxygen atoms in total. The molecule has 0 spiro atoms. The highest BCUT2D eigenvalue weighted by Gasteiger charge is 2.47. The maximum atomic E-state index is 2.72. The van der Waals surface area contributed by atoms with E-state index in [0.717, 1.165) is 0 Å². The van der Waals surface area contributed by atoms with Crippen molar-refractivity contribution in [3.63, 3.8) is 0 Å². The van der Waals surface area contributed by atoms with Crippen LogP contribution in [0, 0.1) is 13.8 Å². The minimum absolute atomic E-state index is 0.00638. The molecule has 4 aliphatic rings. The first-order valence-electron chi connectivity index (χ1n) is 24.0. The third-order valence-electron chi connectivity index (χ3n) is 16.2. The molecule has 0 saturated heterocycles. The van der Waals surface area contributed by atoms with Crippen molar-refractivity contribution in [1.82, 2.24) is 0 Å². The van der Waals surface area contributed by atoms with Gasteiger partial charge in [-0.3, -0.25) is 0 Å². The van der Waals surface area contributed by atoms with Crippen LogP contribution in [0.25, 0.3) is 21.2 Å². The third-order valence-corrected chi connectivity index (χ3v) is 17.4. The third kappa shape index (κ3) is 6.17. The van der Waals surface area contributed by atoms with Gasteiger partial charge in [-0.1, -0.05) is 131 Å². The van der Waals surface area contributed by atoms with Crippen LogP contribution in [0.5, 0.6) is 0 Å². The van der Waals surface area contributed by atoms with Gasteiger partial charge in [-0.2, -0.15) is 0 Å². The summed E-state index contributed by atoms with van der Waals surface area (Å²) >= 11 is 2.05. The summed E-state index contributed by atoms with van der Waals surface area (Å²) in [7, 11) is 0. The number of nitrogens with zero attached hydrogens (tertiary/aromatic N) is 2. The van der Waals surface area contributed by atoms with Crippen LogP contribution < -0.4 is 25.5 Å². The van der Waals surface area contributed by atoms with Gasteiger partial charge in [-0.05, 0) is 177 Å². The van der Waals surface area contributed by atoms with Gasteiger partial charge >= 0.3 is 0 Å². The first kappa shape index (κ1) is 41.6. The zero-order valence-corrected chi connectivity index (χ0v) is 41.4. The summed E-state index contributed by atoms with van der Waals surface area (Å²) in [5.74, 6) is 0. The van der Waals surface area contributed by atoms with E-state index >= 15 is 0 Å². The van der Waals surface area contributed by atoms with Crippen LogP contribution >= 0.6 is 11.3 Å². The molecule has 0 radical (unpaired) electrons. The van der Waals surface area contributed by atoms with Gasteiger partial charge in [-0.15, -0.1) is 11.3 Å². The first-order valence-corrected chi connectivity index (χ1v) is 24.8. The molecule has 1 aromatic heterocycles. The Kier molecular flexibility index (Phi) is 8.94. The van der Waals surface area contributed by atoms with E-state index in [1.807, 2.05) is 0 Å². The van der Waals surface area contributed by atoms with Crippen LogP contribution in [0.2, 0.25) is 0 Å². The zero-order valence-electron chi connectivity index (χ0n) is 40.6. The lowest BCUT2D eigenvalue weighted by Gasteiger charge is -2.45. The highest BCUT2D eigenvalue weighted by molar-refractivity contribution is 7.33. The summed E-state index contributed by atoms with van der Waals surface area (Å²) in [4.78, 5) is 5.36. The molecule has 6 aromatic carbocycles. The fourth-order valence-corrected chi connectivity index (χ4v) is 13.4. The number of aryl methyl sites for hydroxylation is 2. The van der Waals surface area contributed by atoms with E-state index < -0.39 is 0 Å². The Hall–Kier alpha value is -5.06. The van der Waals surface area contributed by atoms with Gasteiger partial charge < -0.3 is 9.80 Å². The largest absolute Gasteiger partial charge is 0.311 e. The molecule has 2 aliphatic heterocycles. The molecule has 0 saturated carbocycles. The molecule has 11 rings (SSSR count). The summed E-state index contributed by atoms with van der Waals surface area (Å²) < 4.78 is 2.87. The van der Waals surface area contributed by atoms with E-state index in [1.54, 1.807) is 0 Å². The van der Waals surface area contributed by atoms with E-state index in [4.69, 9.17) is 0 Å². The minimum atomic E-state index is 0.00638. The summed E-state index contributed by atoms with van der Waals surface area (Å²) in [6.07, 6.45) is 4.79. The molecular formula is C60H65BN2S. The van der Waals surface area contributed by atoms with Gasteiger partial charge in [0.1, 0.15) is 0 Å². The number of thiophene rings is 1. The quantitative estimate of drug-likeness (QED) is 0.163. The van der Waals surface area contributed by atoms with Crippen molar-refractivity contribution in [2.24, 2.45) is 0 Å². The molecular weight excluding hydrogens is 792 g/mol. The number of benzene rings is 6. The molecule has 324 valence electrons. The standard InChI is InChI=1S/C60H65BN2S/c1-36-19-23-47-49(29-36)63(48-24-20-39(56(3,4)5)32-41(48)38-17-15-14-16-18-38)51-31-37(2)30-50-53(51)61(47)55-54(42-34-45-46(35-52(42)64-55)60(12,13)28-27-59(45,10)11)62(50)40-21-22-43-44(33-40)58(8,9)26-25-57(43,6)7/h14-24,29-35H,25-28H2,1-13H3. The van der Waals surface area contributed by atoms with Gasteiger partial charge in [0.25, 0.3) is 6.71 Å². The van der Waals surface area contributed by atoms with Gasteiger partial charge in [0.2, 0.25) is 0 Å². The van der Waals surface area contributed by atoms with E-state index in [9.17, 15) is 0 Å². The highest BCUT2D eigenvalue weighted by Crippen LogP contribution is 2.55. The van der Waals surface area contributed by atoms with Crippen LogP contribution in [-0.4, -0.2) is 6.71 Å². The van der Waals surface area contributed by atoms with Crippen molar-refractivity contribution in [2.45, 2.75) is 143 Å². The Morgan fingerprint density at radius 1 is 0.531 bits per heavy atom. The molecule has 0 fully saturated rings. The second-order valence-electron chi connectivity index (χ2n) is 23.7. The lowest BCUT2D eigenvalue weighted by Crippen LogP contribution is -2.60. The fraction of sp³-hybridized carbons (Fsp3) is 0.367. The molecule has 7 aromatic rings. The minimum Gasteiger partial charge on any atom is -0.311 e.